The molecule has 0 aliphatic rings. The van der Waals surface area contributed by atoms with Gasteiger partial charge in [0.1, 0.15) is 5.82 Å². The molecule has 0 fully saturated rings. The third kappa shape index (κ3) is 4.98. The number of benzene rings is 2. The first-order chi connectivity index (χ1) is 11.7. The second kappa shape index (κ2) is 8.23. The summed E-state index contributed by atoms with van der Waals surface area (Å²) in [7, 11) is 0. The van der Waals surface area contributed by atoms with Gasteiger partial charge in [-0.05, 0) is 42.3 Å². The lowest BCUT2D eigenvalue weighted by molar-refractivity contribution is -0.119. The van der Waals surface area contributed by atoms with Gasteiger partial charge in [-0.25, -0.2) is 4.39 Å². The predicted octanol–water partition coefficient (Wildman–Crippen LogP) is 5.16. The maximum Gasteiger partial charge on any atom is 0.227 e. The van der Waals surface area contributed by atoms with Gasteiger partial charge in [0.05, 0.1) is 15.1 Å². The molecule has 4 N–H and O–H groups in total. The average Bonchev–Trinajstić information content (AvgIpc) is 2.55. The first-order valence-corrected chi connectivity index (χ1v) is 8.51. The average molecular weight is 406 g/mol. The van der Waals surface area contributed by atoms with Crippen molar-refractivity contribution < 1.29 is 14.3 Å². The number of hydrogen-bond acceptors (Lipinski definition) is 3. The fourth-order valence-corrected chi connectivity index (χ4v) is 2.95. The van der Waals surface area contributed by atoms with Gasteiger partial charge in [-0.15, -0.1) is 0 Å². The molecule has 0 aromatic heterocycles. The van der Waals surface area contributed by atoms with Crippen LogP contribution < -0.4 is 11.1 Å². The van der Waals surface area contributed by atoms with Gasteiger partial charge in [0.2, 0.25) is 5.91 Å². The van der Waals surface area contributed by atoms with Gasteiger partial charge in [-0.1, -0.05) is 41.7 Å². The number of aromatic hydroxyl groups is 1. The number of phenols is 1. The van der Waals surface area contributed by atoms with E-state index in [2.05, 4.69) is 5.32 Å². The van der Waals surface area contributed by atoms with Crippen LogP contribution in [0, 0.1) is 11.7 Å². The zero-order chi connectivity index (χ0) is 18.7. The van der Waals surface area contributed by atoms with Crippen molar-refractivity contribution in [2.45, 2.75) is 19.4 Å². The maximum absolute atomic E-state index is 13.1. The maximum atomic E-state index is 13.1. The summed E-state index contributed by atoms with van der Waals surface area (Å²) in [6.07, 6.45) is 0.318. The molecule has 0 aliphatic heterocycles. The van der Waals surface area contributed by atoms with Gasteiger partial charge in [0.15, 0.2) is 5.75 Å². The standard InChI is InChI=1S/C17H16Cl3FN2O2/c1-8(17(25)23-10-2-3-14(21)11(18)7-10)4-15(22)9-5-12(19)16(24)13(20)6-9/h2-3,5-8,15,24H,4,22H2,1H3,(H,23,25). The molecule has 0 saturated carbocycles. The van der Waals surface area contributed by atoms with Crippen LogP contribution in [0.15, 0.2) is 30.3 Å². The second-order valence-electron chi connectivity index (χ2n) is 5.69. The van der Waals surface area contributed by atoms with Crippen molar-refractivity contribution >= 4 is 46.4 Å². The van der Waals surface area contributed by atoms with Crippen LogP contribution in [0.1, 0.15) is 24.9 Å². The molecule has 2 atom stereocenters. The summed E-state index contributed by atoms with van der Waals surface area (Å²) in [5, 5.41) is 12.4. The Morgan fingerprint density at radius 2 is 1.80 bits per heavy atom. The van der Waals surface area contributed by atoms with Crippen LogP contribution in [0.25, 0.3) is 0 Å². The number of phenolic OH excluding ortho intramolecular Hbond substituents is 1. The third-order valence-electron chi connectivity index (χ3n) is 3.71. The first kappa shape index (κ1) is 19.8. The fraction of sp³-hybridized carbons (Fsp3) is 0.235. The fourth-order valence-electron chi connectivity index (χ4n) is 2.26. The summed E-state index contributed by atoms with van der Waals surface area (Å²) in [4.78, 5) is 12.3. The number of halogens is 4. The molecular formula is C17H16Cl3FN2O2. The summed E-state index contributed by atoms with van der Waals surface area (Å²) < 4.78 is 13.1. The number of carbonyl (C=O) groups excluding carboxylic acids is 1. The van der Waals surface area contributed by atoms with E-state index in [9.17, 15) is 14.3 Å². The van der Waals surface area contributed by atoms with Gasteiger partial charge >= 0.3 is 0 Å². The van der Waals surface area contributed by atoms with Crippen LogP contribution in [0.2, 0.25) is 15.1 Å². The molecule has 0 bridgehead atoms. The zero-order valence-electron chi connectivity index (χ0n) is 13.2. The van der Waals surface area contributed by atoms with Crippen LogP contribution in [0.4, 0.5) is 10.1 Å². The highest BCUT2D eigenvalue weighted by Gasteiger charge is 2.20. The Morgan fingerprint density at radius 1 is 1.20 bits per heavy atom. The smallest absolute Gasteiger partial charge is 0.227 e. The molecule has 4 nitrogen and oxygen atoms in total. The summed E-state index contributed by atoms with van der Waals surface area (Å²) in [6, 6.07) is 6.45. The van der Waals surface area contributed by atoms with Crippen molar-refractivity contribution in [3.63, 3.8) is 0 Å². The Bertz CT molecular complexity index is 778. The quantitative estimate of drug-likeness (QED) is 0.643. The highest BCUT2D eigenvalue weighted by Crippen LogP contribution is 2.35. The van der Waals surface area contributed by atoms with Crippen molar-refractivity contribution in [2.24, 2.45) is 11.7 Å². The molecule has 2 rings (SSSR count). The summed E-state index contributed by atoms with van der Waals surface area (Å²) in [5.74, 6) is -1.49. The Labute approximate surface area is 159 Å². The SMILES string of the molecule is CC(CC(N)c1cc(Cl)c(O)c(Cl)c1)C(=O)Nc1ccc(F)c(Cl)c1. The van der Waals surface area contributed by atoms with Crippen LogP contribution >= 0.6 is 34.8 Å². The lowest BCUT2D eigenvalue weighted by atomic mass is 9.96. The first-order valence-electron chi connectivity index (χ1n) is 7.38. The minimum atomic E-state index is -0.559. The predicted molar refractivity (Wildman–Crippen MR) is 98.9 cm³/mol. The minimum absolute atomic E-state index is 0.0736. The number of hydrogen-bond donors (Lipinski definition) is 3. The number of anilines is 1. The molecule has 0 heterocycles. The Morgan fingerprint density at radius 3 is 2.36 bits per heavy atom. The monoisotopic (exact) mass is 404 g/mol. The highest BCUT2D eigenvalue weighted by molar-refractivity contribution is 6.37. The van der Waals surface area contributed by atoms with Gasteiger partial charge in [0.25, 0.3) is 0 Å². The second-order valence-corrected chi connectivity index (χ2v) is 6.92. The van der Waals surface area contributed by atoms with E-state index in [1.165, 1.54) is 30.3 Å². The third-order valence-corrected chi connectivity index (χ3v) is 4.58. The van der Waals surface area contributed by atoms with Gasteiger partial charge in [0, 0.05) is 17.6 Å². The molecule has 0 radical (unpaired) electrons. The van der Waals surface area contributed by atoms with E-state index in [0.717, 1.165) is 0 Å². The molecule has 1 amide bonds. The molecule has 25 heavy (non-hydrogen) atoms. The zero-order valence-corrected chi connectivity index (χ0v) is 15.5. The van der Waals surface area contributed by atoms with Crippen molar-refractivity contribution in [3.05, 3.63) is 56.8 Å². The van der Waals surface area contributed by atoms with Crippen LogP contribution in [0.5, 0.6) is 5.75 Å². The molecule has 2 aromatic carbocycles. The summed E-state index contributed by atoms with van der Waals surface area (Å²) in [5.41, 5.74) is 7.11. The molecular weight excluding hydrogens is 390 g/mol. The van der Waals surface area contributed by atoms with Gasteiger partial charge < -0.3 is 16.2 Å². The number of amides is 1. The van der Waals surface area contributed by atoms with E-state index in [0.29, 0.717) is 17.7 Å². The van der Waals surface area contributed by atoms with E-state index >= 15 is 0 Å². The molecule has 0 saturated heterocycles. The topological polar surface area (TPSA) is 75.3 Å². The highest BCUT2D eigenvalue weighted by atomic mass is 35.5. The van der Waals surface area contributed by atoms with Crippen LogP contribution in [-0.4, -0.2) is 11.0 Å². The summed E-state index contributed by atoms with van der Waals surface area (Å²) >= 11 is 17.5. The number of carbonyl (C=O) groups is 1. The Balaban J connectivity index is 2.03. The molecule has 2 unspecified atom stereocenters. The van der Waals surface area contributed by atoms with E-state index in [4.69, 9.17) is 40.5 Å². The minimum Gasteiger partial charge on any atom is -0.505 e. The normalized spacial score (nSPS) is 13.4. The molecule has 8 heteroatoms. The lowest BCUT2D eigenvalue weighted by Crippen LogP contribution is -2.24. The molecule has 0 spiro atoms. The molecule has 0 aliphatic carbocycles. The number of nitrogens with two attached hydrogens (primary N) is 1. The van der Waals surface area contributed by atoms with E-state index in [1.807, 2.05) is 0 Å². The Hall–Kier alpha value is -1.53. The van der Waals surface area contributed by atoms with Crippen molar-refractivity contribution in [3.8, 4) is 5.75 Å². The van der Waals surface area contributed by atoms with Gasteiger partial charge in [-0.3, -0.25) is 4.79 Å². The number of nitrogens with one attached hydrogen (secondary N) is 1. The lowest BCUT2D eigenvalue weighted by Gasteiger charge is -2.18. The van der Waals surface area contributed by atoms with Crippen molar-refractivity contribution in [1.82, 2.24) is 0 Å². The van der Waals surface area contributed by atoms with E-state index in [-0.39, 0.29) is 26.7 Å². The van der Waals surface area contributed by atoms with Crippen LogP contribution in [0.3, 0.4) is 0 Å². The van der Waals surface area contributed by atoms with Crippen molar-refractivity contribution in [2.75, 3.05) is 5.32 Å². The van der Waals surface area contributed by atoms with Crippen LogP contribution in [-0.2, 0) is 4.79 Å². The van der Waals surface area contributed by atoms with E-state index in [1.54, 1.807) is 6.92 Å². The van der Waals surface area contributed by atoms with Crippen molar-refractivity contribution in [1.29, 1.82) is 0 Å². The Kier molecular flexibility index (Phi) is 6.52. The summed E-state index contributed by atoms with van der Waals surface area (Å²) in [6.45, 7) is 1.71. The molecule has 2 aromatic rings. The van der Waals surface area contributed by atoms with E-state index < -0.39 is 17.8 Å². The largest absolute Gasteiger partial charge is 0.505 e. The van der Waals surface area contributed by atoms with Gasteiger partial charge in [-0.2, -0.15) is 0 Å². The molecule has 134 valence electrons. The number of rotatable bonds is 5.